The van der Waals surface area contributed by atoms with Crippen LogP contribution in [0.5, 0.6) is 0 Å². The minimum Gasteiger partial charge on any atom is -0.445 e. The summed E-state index contributed by atoms with van der Waals surface area (Å²) in [6, 6.07) is 40.8. The van der Waals surface area contributed by atoms with Crippen LogP contribution in [-0.2, 0) is 9.47 Å². The lowest BCUT2D eigenvalue weighted by atomic mass is 9.99. The van der Waals surface area contributed by atoms with Gasteiger partial charge in [0.05, 0.1) is 27.9 Å². The van der Waals surface area contributed by atoms with E-state index in [1.165, 1.54) is 42.5 Å². The van der Waals surface area contributed by atoms with E-state index in [4.69, 9.17) is 9.47 Å². The Kier molecular flexibility index (Phi) is 10.1. The molecule has 0 saturated carbocycles. The van der Waals surface area contributed by atoms with Crippen LogP contribution in [0.4, 0.5) is 5.69 Å². The van der Waals surface area contributed by atoms with Crippen molar-refractivity contribution in [1.82, 2.24) is 0 Å². The first-order chi connectivity index (χ1) is 26.6. The molecule has 0 spiro atoms. The topological polar surface area (TPSA) is 124 Å². The normalized spacial score (nSPS) is 13.1. The lowest BCUT2D eigenvalue weighted by molar-refractivity contribution is 0.0278. The van der Waals surface area contributed by atoms with Gasteiger partial charge in [-0.25, -0.2) is 14.5 Å². The maximum absolute atomic E-state index is 13.8. The van der Waals surface area contributed by atoms with Crippen molar-refractivity contribution in [2.24, 2.45) is 0 Å². The highest BCUT2D eigenvalue weighted by Gasteiger charge is 2.38. The molecule has 1 aliphatic rings. The van der Waals surface area contributed by atoms with Crippen LogP contribution in [0.2, 0.25) is 0 Å². The van der Waals surface area contributed by atoms with Crippen LogP contribution < -0.4 is 4.90 Å². The van der Waals surface area contributed by atoms with E-state index in [1.54, 1.807) is 109 Å². The first-order valence-electron chi connectivity index (χ1n) is 17.5. The van der Waals surface area contributed by atoms with Gasteiger partial charge in [-0.2, -0.15) is 0 Å². The van der Waals surface area contributed by atoms with E-state index in [1.807, 2.05) is 13.8 Å². The highest BCUT2D eigenvalue weighted by molar-refractivity contribution is 6.34. The van der Waals surface area contributed by atoms with Gasteiger partial charge >= 0.3 is 11.9 Å². The van der Waals surface area contributed by atoms with Crippen LogP contribution in [0.3, 0.4) is 0 Å². The third-order valence-electron chi connectivity index (χ3n) is 9.27. The number of ketones is 2. The number of carbonyl (C=O) groups is 6. The minimum atomic E-state index is -1.27. The van der Waals surface area contributed by atoms with Crippen LogP contribution in [0.25, 0.3) is 0 Å². The molecule has 2 atom stereocenters. The molecule has 0 saturated heterocycles. The van der Waals surface area contributed by atoms with Crippen molar-refractivity contribution in [2.45, 2.75) is 26.1 Å². The SMILES string of the molecule is Cc1ccc(C(=O)[C@H](OC(=O)c2cccc(N3C(=O)c4ccc(C(=O)O[C@@H](C(=O)c5ccc(C)cc5)c5ccccc5)cc4C3=O)c2)c2ccccc2)cc1. The second-order valence-corrected chi connectivity index (χ2v) is 13.1. The number of aryl methyl sites for hydroxylation is 2. The molecule has 0 aromatic heterocycles. The zero-order chi connectivity index (χ0) is 38.6. The average molecular weight is 728 g/mol. The van der Waals surface area contributed by atoms with Gasteiger partial charge in [-0.3, -0.25) is 19.2 Å². The highest BCUT2D eigenvalue weighted by atomic mass is 16.6. The summed E-state index contributed by atoms with van der Waals surface area (Å²) in [5.41, 5.74) is 3.62. The molecule has 1 aliphatic heterocycles. The number of rotatable bonds is 11. The van der Waals surface area contributed by atoms with E-state index < -0.39 is 47.5 Å². The fourth-order valence-corrected chi connectivity index (χ4v) is 6.26. The van der Waals surface area contributed by atoms with Gasteiger partial charge in [0.15, 0.2) is 12.2 Å². The van der Waals surface area contributed by atoms with Crippen molar-refractivity contribution in [3.8, 4) is 0 Å². The molecule has 2 amide bonds. The molecule has 9 heteroatoms. The van der Waals surface area contributed by atoms with Gasteiger partial charge in [0.1, 0.15) is 0 Å². The monoisotopic (exact) mass is 727 g/mol. The quantitative estimate of drug-likeness (QED) is 0.0738. The average Bonchev–Trinajstić information content (AvgIpc) is 3.47. The van der Waals surface area contributed by atoms with Crippen LogP contribution in [0.1, 0.15) is 96.6 Å². The number of ether oxygens (including phenoxy) is 2. The lowest BCUT2D eigenvalue weighted by Gasteiger charge is -2.19. The van der Waals surface area contributed by atoms with Gasteiger partial charge in [0.2, 0.25) is 11.6 Å². The van der Waals surface area contributed by atoms with Gasteiger partial charge in [-0.15, -0.1) is 0 Å². The largest absolute Gasteiger partial charge is 0.445 e. The number of amides is 2. The molecule has 270 valence electrons. The maximum Gasteiger partial charge on any atom is 0.339 e. The van der Waals surface area contributed by atoms with Crippen LogP contribution in [0, 0.1) is 13.8 Å². The molecule has 0 unspecified atom stereocenters. The van der Waals surface area contributed by atoms with Crippen molar-refractivity contribution < 1.29 is 38.2 Å². The number of imide groups is 1. The van der Waals surface area contributed by atoms with Crippen molar-refractivity contribution in [1.29, 1.82) is 0 Å². The Bertz CT molecular complexity index is 2460. The maximum atomic E-state index is 13.8. The molecular weight excluding hydrogens is 695 g/mol. The molecule has 0 aliphatic carbocycles. The Balaban J connectivity index is 1.12. The van der Waals surface area contributed by atoms with Crippen LogP contribution in [-0.4, -0.2) is 35.3 Å². The molecule has 0 fully saturated rings. The Hall–Kier alpha value is -7.26. The predicted octanol–water partition coefficient (Wildman–Crippen LogP) is 8.67. The zero-order valence-electron chi connectivity index (χ0n) is 29.8. The summed E-state index contributed by atoms with van der Waals surface area (Å²) in [6.07, 6.45) is -2.53. The third kappa shape index (κ3) is 7.49. The van der Waals surface area contributed by atoms with E-state index >= 15 is 0 Å². The summed E-state index contributed by atoms with van der Waals surface area (Å²) in [6.45, 7) is 3.80. The Morgan fingerprint density at radius 1 is 0.455 bits per heavy atom. The van der Waals surface area contributed by atoms with Crippen molar-refractivity contribution in [3.63, 3.8) is 0 Å². The molecule has 0 bridgehead atoms. The van der Waals surface area contributed by atoms with Crippen molar-refractivity contribution in [2.75, 3.05) is 4.90 Å². The second kappa shape index (κ2) is 15.4. The van der Waals surface area contributed by atoms with Crippen molar-refractivity contribution >= 4 is 41.0 Å². The molecule has 0 radical (unpaired) electrons. The van der Waals surface area contributed by atoms with E-state index in [-0.39, 0.29) is 27.9 Å². The molecule has 6 aromatic rings. The standard InChI is InChI=1S/C46H33NO8/c1-28-16-20-30(21-17-28)39(48)41(32-10-5-3-6-11-32)54-45(52)34-14-9-15-36(26-34)47-43(50)37-25-24-35(27-38(37)44(47)51)46(53)55-42(33-12-7-4-8-13-33)40(49)31-22-18-29(2)19-23-31/h3-27,41-42H,1-2H3/t41-,42-/m1/s1. The van der Waals surface area contributed by atoms with E-state index in [2.05, 4.69) is 0 Å². The number of benzene rings is 6. The first-order valence-corrected chi connectivity index (χ1v) is 17.5. The summed E-state index contributed by atoms with van der Waals surface area (Å²) in [5.74, 6) is -3.95. The zero-order valence-corrected chi connectivity index (χ0v) is 29.8. The highest BCUT2D eigenvalue weighted by Crippen LogP contribution is 2.32. The first kappa shape index (κ1) is 36.1. The second-order valence-electron chi connectivity index (χ2n) is 13.1. The molecule has 7 rings (SSSR count). The number of hydrogen-bond donors (Lipinski definition) is 0. The fourth-order valence-electron chi connectivity index (χ4n) is 6.26. The summed E-state index contributed by atoms with van der Waals surface area (Å²) in [4.78, 5) is 82.7. The van der Waals surface area contributed by atoms with Gasteiger partial charge in [-0.1, -0.05) is 126 Å². The van der Waals surface area contributed by atoms with Gasteiger partial charge < -0.3 is 9.47 Å². The minimum absolute atomic E-state index is 0.00107. The summed E-state index contributed by atoms with van der Waals surface area (Å²) >= 11 is 0. The predicted molar refractivity (Wildman–Crippen MR) is 204 cm³/mol. The Morgan fingerprint density at radius 2 is 0.891 bits per heavy atom. The Labute approximate surface area is 316 Å². The van der Waals surface area contributed by atoms with E-state index in [0.717, 1.165) is 16.0 Å². The molecule has 55 heavy (non-hydrogen) atoms. The third-order valence-corrected chi connectivity index (χ3v) is 9.27. The number of hydrogen-bond acceptors (Lipinski definition) is 8. The summed E-state index contributed by atoms with van der Waals surface area (Å²) < 4.78 is 11.6. The number of nitrogens with zero attached hydrogens (tertiary/aromatic N) is 1. The van der Waals surface area contributed by atoms with Crippen molar-refractivity contribution in [3.05, 3.63) is 207 Å². The molecule has 6 aromatic carbocycles. The molecule has 0 N–H and O–H groups in total. The van der Waals surface area contributed by atoms with Gasteiger partial charge in [-0.05, 0) is 50.2 Å². The fraction of sp³-hybridized carbons (Fsp3) is 0.0870. The number of anilines is 1. The number of Topliss-reactive ketones (excluding diaryl/α,β-unsaturated/α-hetero) is 2. The summed E-state index contributed by atoms with van der Waals surface area (Å²) in [5, 5.41) is 0. The molecule has 9 nitrogen and oxygen atoms in total. The summed E-state index contributed by atoms with van der Waals surface area (Å²) in [7, 11) is 0. The van der Waals surface area contributed by atoms with Gasteiger partial charge in [0, 0.05) is 22.3 Å². The van der Waals surface area contributed by atoms with Gasteiger partial charge in [0.25, 0.3) is 11.8 Å². The number of fused-ring (bicyclic) bond motifs is 1. The van der Waals surface area contributed by atoms with E-state index in [0.29, 0.717) is 22.3 Å². The van der Waals surface area contributed by atoms with Crippen LogP contribution in [0.15, 0.2) is 152 Å². The van der Waals surface area contributed by atoms with Crippen LogP contribution >= 0.6 is 0 Å². The van der Waals surface area contributed by atoms with E-state index in [9.17, 15) is 28.8 Å². The number of carbonyl (C=O) groups excluding carboxylic acids is 6. The number of esters is 2. The lowest BCUT2D eigenvalue weighted by Crippen LogP contribution is -2.29. The molecule has 1 heterocycles. The Morgan fingerprint density at radius 3 is 1.38 bits per heavy atom. The smallest absolute Gasteiger partial charge is 0.339 e. The molecular formula is C46H33NO8.